The summed E-state index contributed by atoms with van der Waals surface area (Å²) in [6.45, 7) is 0. The first-order valence-electron chi connectivity index (χ1n) is 5.21. The van der Waals surface area contributed by atoms with E-state index in [-0.39, 0.29) is 17.5 Å². The molecule has 1 aromatic heterocycles. The Morgan fingerprint density at radius 1 is 1.25 bits per heavy atom. The molecule has 10 heteroatoms. The highest BCUT2D eigenvalue weighted by Crippen LogP contribution is 2.26. The molecule has 104 valence electrons. The Morgan fingerprint density at radius 3 is 2.45 bits per heavy atom. The minimum Gasteiger partial charge on any atom is -0.334 e. The largest absolute Gasteiger partial charge is 0.334 e. The number of hydrogen-bond donors (Lipinski definition) is 3. The van der Waals surface area contributed by atoms with Crippen LogP contribution in [0, 0.1) is 21.7 Å². The molecule has 2 aromatic rings. The summed E-state index contributed by atoms with van der Waals surface area (Å²) in [6.07, 6.45) is 0.917. The number of hydrogen-bond acceptors (Lipinski definition) is 7. The van der Waals surface area contributed by atoms with Crippen molar-refractivity contribution in [3.63, 3.8) is 0 Å². The highest BCUT2D eigenvalue weighted by Gasteiger charge is 2.17. The van der Waals surface area contributed by atoms with E-state index in [0.29, 0.717) is 6.07 Å². The molecule has 20 heavy (non-hydrogen) atoms. The summed E-state index contributed by atoms with van der Waals surface area (Å²) >= 11 is 0. The number of rotatable bonds is 4. The van der Waals surface area contributed by atoms with E-state index < -0.39 is 22.2 Å². The molecule has 0 atom stereocenters. The van der Waals surface area contributed by atoms with Gasteiger partial charge in [-0.3, -0.25) is 15.5 Å². The van der Waals surface area contributed by atoms with Crippen molar-refractivity contribution in [2.45, 2.75) is 0 Å². The number of anilines is 3. The van der Waals surface area contributed by atoms with Crippen LogP contribution in [0.5, 0.6) is 0 Å². The Kier molecular flexibility index (Phi) is 3.66. The maximum atomic E-state index is 13.1. The van der Waals surface area contributed by atoms with Crippen molar-refractivity contribution in [2.24, 2.45) is 5.84 Å². The molecule has 0 amide bonds. The van der Waals surface area contributed by atoms with Crippen molar-refractivity contribution >= 4 is 23.1 Å². The molecular weight excluding hydrogens is 274 g/mol. The van der Waals surface area contributed by atoms with Crippen LogP contribution >= 0.6 is 0 Å². The Morgan fingerprint density at radius 2 is 1.90 bits per heavy atom. The van der Waals surface area contributed by atoms with Gasteiger partial charge in [-0.05, 0) is 12.1 Å². The molecule has 0 fully saturated rings. The molecule has 0 saturated heterocycles. The summed E-state index contributed by atoms with van der Waals surface area (Å²) in [5.41, 5.74) is 1.61. The summed E-state index contributed by atoms with van der Waals surface area (Å²) in [6, 6.07) is 2.60. The molecule has 0 saturated carbocycles. The summed E-state index contributed by atoms with van der Waals surface area (Å²) < 4.78 is 26.1. The van der Waals surface area contributed by atoms with E-state index in [1.54, 1.807) is 0 Å². The SMILES string of the molecule is NNc1ncc([N+](=O)[O-])c(Nc2cc(F)cc(F)c2)n1. The second-order valence-electron chi connectivity index (χ2n) is 3.61. The predicted molar refractivity (Wildman–Crippen MR) is 66.1 cm³/mol. The molecular formula is C10H8F2N6O2. The molecule has 8 nitrogen and oxygen atoms in total. The first-order valence-corrected chi connectivity index (χ1v) is 5.21. The van der Waals surface area contributed by atoms with Crippen LogP contribution in [0.2, 0.25) is 0 Å². The zero-order valence-electron chi connectivity index (χ0n) is 9.80. The monoisotopic (exact) mass is 282 g/mol. The summed E-state index contributed by atoms with van der Waals surface area (Å²) in [5, 5.41) is 13.3. The smallest absolute Gasteiger partial charge is 0.329 e. The highest BCUT2D eigenvalue weighted by atomic mass is 19.1. The van der Waals surface area contributed by atoms with Crippen LogP contribution in [0.25, 0.3) is 0 Å². The number of aromatic nitrogens is 2. The second kappa shape index (κ2) is 5.40. The van der Waals surface area contributed by atoms with Crippen LogP contribution in [0.3, 0.4) is 0 Å². The minimum absolute atomic E-state index is 0.0349. The molecule has 1 heterocycles. The quantitative estimate of drug-likeness (QED) is 0.443. The van der Waals surface area contributed by atoms with Crippen LogP contribution in [0.1, 0.15) is 0 Å². The van der Waals surface area contributed by atoms with Crippen molar-refractivity contribution in [3.8, 4) is 0 Å². The van der Waals surface area contributed by atoms with Gasteiger partial charge in [0.2, 0.25) is 11.8 Å². The minimum atomic E-state index is -0.832. The van der Waals surface area contributed by atoms with Gasteiger partial charge in [0.25, 0.3) is 0 Å². The molecule has 2 rings (SSSR count). The van der Waals surface area contributed by atoms with Crippen LogP contribution in [-0.2, 0) is 0 Å². The van der Waals surface area contributed by atoms with Crippen molar-refractivity contribution in [1.82, 2.24) is 9.97 Å². The lowest BCUT2D eigenvalue weighted by atomic mass is 10.3. The third-order valence-corrected chi connectivity index (χ3v) is 2.22. The van der Waals surface area contributed by atoms with Gasteiger partial charge in [-0.1, -0.05) is 0 Å². The van der Waals surface area contributed by atoms with Crippen molar-refractivity contribution in [1.29, 1.82) is 0 Å². The molecule has 0 unspecified atom stereocenters. The number of nitro groups is 1. The third kappa shape index (κ3) is 2.92. The van der Waals surface area contributed by atoms with Gasteiger partial charge in [0.1, 0.15) is 17.8 Å². The average molecular weight is 282 g/mol. The first-order chi connectivity index (χ1) is 9.49. The first kappa shape index (κ1) is 13.5. The third-order valence-electron chi connectivity index (χ3n) is 2.22. The molecule has 0 aliphatic heterocycles. The fourth-order valence-corrected chi connectivity index (χ4v) is 1.43. The van der Waals surface area contributed by atoms with E-state index in [4.69, 9.17) is 5.84 Å². The van der Waals surface area contributed by atoms with Crippen LogP contribution in [-0.4, -0.2) is 14.9 Å². The van der Waals surface area contributed by atoms with Gasteiger partial charge in [0.15, 0.2) is 0 Å². The number of halogens is 2. The Hall–Kier alpha value is -2.88. The summed E-state index contributed by atoms with van der Waals surface area (Å²) in [4.78, 5) is 17.4. The van der Waals surface area contributed by atoms with Crippen molar-refractivity contribution in [2.75, 3.05) is 10.7 Å². The van der Waals surface area contributed by atoms with Crippen LogP contribution in [0.15, 0.2) is 24.4 Å². The number of nitrogens with one attached hydrogen (secondary N) is 2. The average Bonchev–Trinajstić information content (AvgIpc) is 2.37. The zero-order valence-corrected chi connectivity index (χ0v) is 9.80. The van der Waals surface area contributed by atoms with E-state index in [1.165, 1.54) is 0 Å². The van der Waals surface area contributed by atoms with E-state index in [1.807, 2.05) is 0 Å². The van der Waals surface area contributed by atoms with Crippen molar-refractivity contribution < 1.29 is 13.7 Å². The van der Waals surface area contributed by atoms with Crippen LogP contribution < -0.4 is 16.6 Å². The van der Waals surface area contributed by atoms with E-state index in [2.05, 4.69) is 20.7 Å². The summed E-state index contributed by atoms with van der Waals surface area (Å²) in [7, 11) is 0. The normalized spacial score (nSPS) is 10.2. The second-order valence-corrected chi connectivity index (χ2v) is 3.61. The van der Waals surface area contributed by atoms with Gasteiger partial charge in [0, 0.05) is 11.8 Å². The lowest BCUT2D eigenvalue weighted by Gasteiger charge is -2.07. The molecule has 0 bridgehead atoms. The summed E-state index contributed by atoms with van der Waals surface area (Å²) in [5.74, 6) is 3.09. The number of benzene rings is 1. The number of nitrogens with two attached hydrogens (primary N) is 1. The molecule has 0 radical (unpaired) electrons. The lowest BCUT2D eigenvalue weighted by molar-refractivity contribution is -0.384. The standard InChI is InChI=1S/C10H8F2N6O2/c11-5-1-6(12)3-7(2-5)15-9-8(18(19)20)4-14-10(16-9)17-13/h1-4H,13H2,(H2,14,15,16,17). The number of nitrogen functional groups attached to an aromatic ring is 1. The topological polar surface area (TPSA) is 119 Å². The van der Waals surface area contributed by atoms with Crippen molar-refractivity contribution in [3.05, 3.63) is 46.1 Å². The van der Waals surface area contributed by atoms with Gasteiger partial charge >= 0.3 is 5.69 Å². The van der Waals surface area contributed by atoms with Crippen LogP contribution in [0.4, 0.5) is 31.9 Å². The number of hydrazine groups is 1. The maximum Gasteiger partial charge on any atom is 0.329 e. The van der Waals surface area contributed by atoms with Gasteiger partial charge in [-0.15, -0.1) is 0 Å². The molecule has 0 aliphatic rings. The fraction of sp³-hybridized carbons (Fsp3) is 0. The highest BCUT2D eigenvalue weighted by molar-refractivity contribution is 5.65. The van der Waals surface area contributed by atoms with Gasteiger partial charge in [-0.25, -0.2) is 19.6 Å². The zero-order chi connectivity index (χ0) is 14.7. The van der Waals surface area contributed by atoms with Gasteiger partial charge < -0.3 is 5.32 Å². The Bertz CT molecular complexity index is 646. The Balaban J connectivity index is 2.42. The van der Waals surface area contributed by atoms with E-state index in [0.717, 1.165) is 18.3 Å². The molecule has 4 N–H and O–H groups in total. The van der Waals surface area contributed by atoms with Gasteiger partial charge in [-0.2, -0.15) is 4.98 Å². The molecule has 0 aliphatic carbocycles. The molecule has 0 spiro atoms. The van der Waals surface area contributed by atoms with E-state index >= 15 is 0 Å². The predicted octanol–water partition coefficient (Wildman–Crippen LogP) is 1.69. The van der Waals surface area contributed by atoms with E-state index in [9.17, 15) is 18.9 Å². The Labute approximate surface area is 110 Å². The number of nitrogens with zero attached hydrogens (tertiary/aromatic N) is 3. The van der Waals surface area contributed by atoms with Gasteiger partial charge in [0.05, 0.1) is 4.92 Å². The fourth-order valence-electron chi connectivity index (χ4n) is 1.43. The maximum absolute atomic E-state index is 13.1. The lowest BCUT2D eigenvalue weighted by Crippen LogP contribution is -2.12. The molecule has 1 aromatic carbocycles.